The van der Waals surface area contributed by atoms with E-state index in [0.717, 1.165) is 77.0 Å². The van der Waals surface area contributed by atoms with Gasteiger partial charge in [0.15, 0.2) is 12.4 Å². The van der Waals surface area contributed by atoms with E-state index in [0.29, 0.717) is 19.3 Å². The summed E-state index contributed by atoms with van der Waals surface area (Å²) in [6.45, 7) is 5.70. The zero-order chi connectivity index (χ0) is 46.2. The Morgan fingerprint density at radius 3 is 1.59 bits per heavy atom. The number of ether oxygens (including phenoxy) is 3. The molecule has 1 aliphatic rings. The van der Waals surface area contributed by atoms with E-state index in [9.17, 15) is 35.1 Å². The second-order valence-electron chi connectivity index (χ2n) is 18.3. The maximum absolute atomic E-state index is 13.3. The van der Waals surface area contributed by atoms with Gasteiger partial charge >= 0.3 is 5.97 Å². The fourth-order valence-corrected chi connectivity index (χ4v) is 8.10. The molecule has 1 saturated heterocycles. The van der Waals surface area contributed by atoms with Gasteiger partial charge in [-0.05, 0) is 44.9 Å². The molecule has 8 unspecified atom stereocenters. The second kappa shape index (κ2) is 41.6. The molecule has 370 valence electrons. The number of allylic oxidation sites excluding steroid dienone is 3. The number of unbranched alkanes of at least 4 members (excludes halogenated alkanes) is 27. The van der Waals surface area contributed by atoms with Crippen molar-refractivity contribution < 1.29 is 49.3 Å². The Balaban J connectivity index is 2.80. The van der Waals surface area contributed by atoms with E-state index >= 15 is 0 Å². The first-order valence-electron chi connectivity index (χ1n) is 26.1. The molecule has 0 aromatic heterocycles. The van der Waals surface area contributed by atoms with Crippen molar-refractivity contribution in [2.45, 2.75) is 282 Å². The molecule has 6 N–H and O–H groups in total. The molecule has 11 heteroatoms. The fraction of sp³-hybridized carbons (Fsp3) is 0.885. The monoisotopic (exact) mass is 896 g/mol. The van der Waals surface area contributed by atoms with Gasteiger partial charge in [-0.2, -0.15) is 0 Å². The number of amides is 1. The number of hydrogen-bond acceptors (Lipinski definition) is 10. The Morgan fingerprint density at radius 2 is 1.06 bits per heavy atom. The van der Waals surface area contributed by atoms with Crippen molar-refractivity contribution in [2.24, 2.45) is 0 Å². The summed E-state index contributed by atoms with van der Waals surface area (Å²) in [4.78, 5) is 26.3. The SMILES string of the molecule is CCCC/C=C\CCCCCCCC(=O)OC1C(OCC(NC(=O)C(O)CCCCCCCCCCCC)C(O)/C=C/CCCCCCCCCCCCC)OC(CO)C(O)C1O. The quantitative estimate of drug-likeness (QED) is 0.0196. The summed E-state index contributed by atoms with van der Waals surface area (Å²) < 4.78 is 17.5. The van der Waals surface area contributed by atoms with E-state index in [1.807, 2.05) is 6.08 Å². The van der Waals surface area contributed by atoms with Crippen LogP contribution >= 0.6 is 0 Å². The van der Waals surface area contributed by atoms with Gasteiger partial charge in [-0.15, -0.1) is 0 Å². The summed E-state index contributed by atoms with van der Waals surface area (Å²) in [5, 5.41) is 56.5. The van der Waals surface area contributed by atoms with Crippen LogP contribution in [0.1, 0.15) is 233 Å². The molecule has 1 aliphatic heterocycles. The Hall–Kier alpha value is -1.86. The molecular formula is C52H97NO10. The average molecular weight is 896 g/mol. The van der Waals surface area contributed by atoms with Gasteiger partial charge in [-0.3, -0.25) is 9.59 Å². The highest BCUT2D eigenvalue weighted by atomic mass is 16.7. The number of aliphatic hydroxyl groups is 5. The van der Waals surface area contributed by atoms with Crippen LogP contribution in [0.25, 0.3) is 0 Å². The van der Waals surface area contributed by atoms with Crippen LogP contribution in [-0.4, -0.2) is 99.6 Å². The van der Waals surface area contributed by atoms with Crippen LogP contribution in [0.4, 0.5) is 0 Å². The van der Waals surface area contributed by atoms with E-state index in [2.05, 4.69) is 38.2 Å². The zero-order valence-corrected chi connectivity index (χ0v) is 40.5. The smallest absolute Gasteiger partial charge is 0.306 e. The van der Waals surface area contributed by atoms with Gasteiger partial charge in [0.1, 0.15) is 24.4 Å². The minimum absolute atomic E-state index is 0.116. The average Bonchev–Trinajstić information content (AvgIpc) is 3.28. The summed E-state index contributed by atoms with van der Waals surface area (Å²) in [6, 6.07) is -1.02. The third-order valence-electron chi connectivity index (χ3n) is 12.4. The van der Waals surface area contributed by atoms with E-state index in [-0.39, 0.29) is 13.0 Å². The standard InChI is InChI=1S/C52H97NO10/c1-4-7-10-13-16-19-22-23-25-27-29-32-35-38-44(55)43(53-51(60)45(56)39-36-33-30-26-21-18-15-12-9-6-3)42-61-52-50(49(59)48(58)46(41-54)62-52)63-47(57)40-37-34-31-28-24-20-17-14-11-8-5-2/h14,17,35,38,43-46,48-50,52,54-56,58-59H,4-13,15-16,18-34,36-37,39-42H2,1-3H3,(H,53,60)/b17-14-,38-35+. The number of hydrogen-bond donors (Lipinski definition) is 6. The number of aliphatic hydroxyl groups excluding tert-OH is 5. The minimum Gasteiger partial charge on any atom is -0.454 e. The molecule has 1 rings (SSSR count). The summed E-state index contributed by atoms with van der Waals surface area (Å²) in [5.74, 6) is -1.20. The van der Waals surface area contributed by atoms with Crippen molar-refractivity contribution in [1.29, 1.82) is 0 Å². The molecule has 1 fully saturated rings. The molecule has 11 nitrogen and oxygen atoms in total. The molecule has 8 atom stereocenters. The molecule has 0 radical (unpaired) electrons. The molecule has 0 spiro atoms. The highest BCUT2D eigenvalue weighted by Crippen LogP contribution is 2.26. The van der Waals surface area contributed by atoms with Crippen molar-refractivity contribution in [2.75, 3.05) is 13.2 Å². The molecule has 0 aromatic rings. The van der Waals surface area contributed by atoms with Crippen molar-refractivity contribution in [3.05, 3.63) is 24.3 Å². The third-order valence-corrected chi connectivity index (χ3v) is 12.4. The van der Waals surface area contributed by atoms with E-state index in [1.165, 1.54) is 109 Å². The lowest BCUT2D eigenvalue weighted by Crippen LogP contribution is -2.61. The molecule has 63 heavy (non-hydrogen) atoms. The second-order valence-corrected chi connectivity index (χ2v) is 18.3. The number of carbonyl (C=O) groups excluding carboxylic acids is 2. The van der Waals surface area contributed by atoms with Crippen molar-refractivity contribution in [1.82, 2.24) is 5.32 Å². The first-order chi connectivity index (χ1) is 30.7. The lowest BCUT2D eigenvalue weighted by molar-refractivity contribution is -0.305. The number of esters is 1. The van der Waals surface area contributed by atoms with Gasteiger partial charge in [0, 0.05) is 6.42 Å². The predicted molar refractivity (Wildman–Crippen MR) is 255 cm³/mol. The highest BCUT2D eigenvalue weighted by molar-refractivity contribution is 5.80. The Bertz CT molecular complexity index is 1120. The van der Waals surface area contributed by atoms with Crippen LogP contribution in [0.3, 0.4) is 0 Å². The summed E-state index contributed by atoms with van der Waals surface area (Å²) in [6.07, 6.45) is 33.8. The predicted octanol–water partition coefficient (Wildman–Crippen LogP) is 10.6. The van der Waals surface area contributed by atoms with Crippen LogP contribution < -0.4 is 5.32 Å². The van der Waals surface area contributed by atoms with Crippen molar-refractivity contribution in [3.63, 3.8) is 0 Å². The van der Waals surface area contributed by atoms with Gasteiger partial charge < -0.3 is 45.1 Å². The Morgan fingerprint density at radius 1 is 0.603 bits per heavy atom. The third kappa shape index (κ3) is 30.9. The first-order valence-corrected chi connectivity index (χ1v) is 26.1. The van der Waals surface area contributed by atoms with Gasteiger partial charge in [-0.25, -0.2) is 0 Å². The van der Waals surface area contributed by atoms with Gasteiger partial charge in [0.25, 0.3) is 0 Å². The molecule has 0 aliphatic carbocycles. The van der Waals surface area contributed by atoms with Crippen molar-refractivity contribution in [3.8, 4) is 0 Å². The molecule has 1 heterocycles. The zero-order valence-electron chi connectivity index (χ0n) is 40.5. The van der Waals surface area contributed by atoms with E-state index in [1.54, 1.807) is 6.08 Å². The van der Waals surface area contributed by atoms with Crippen LogP contribution in [-0.2, 0) is 23.8 Å². The topological polar surface area (TPSA) is 175 Å². The van der Waals surface area contributed by atoms with Gasteiger partial charge in [-0.1, -0.05) is 206 Å². The normalized spacial score (nSPS) is 20.7. The minimum atomic E-state index is -1.61. The van der Waals surface area contributed by atoms with Crippen LogP contribution in [0.2, 0.25) is 0 Å². The summed E-state index contributed by atoms with van der Waals surface area (Å²) in [7, 11) is 0. The number of carbonyl (C=O) groups is 2. The maximum Gasteiger partial charge on any atom is 0.306 e. The number of rotatable bonds is 43. The van der Waals surface area contributed by atoms with Crippen LogP contribution in [0, 0.1) is 0 Å². The molecular weight excluding hydrogens is 799 g/mol. The Labute approximate surface area is 384 Å². The highest BCUT2D eigenvalue weighted by Gasteiger charge is 2.47. The van der Waals surface area contributed by atoms with E-state index < -0.39 is 67.4 Å². The fourth-order valence-electron chi connectivity index (χ4n) is 8.10. The molecule has 0 aromatic carbocycles. The lowest BCUT2D eigenvalue weighted by Gasteiger charge is -2.41. The molecule has 0 bridgehead atoms. The first kappa shape index (κ1) is 59.2. The maximum atomic E-state index is 13.3. The van der Waals surface area contributed by atoms with Gasteiger partial charge in [0.2, 0.25) is 5.91 Å². The number of nitrogens with one attached hydrogen (secondary N) is 1. The lowest BCUT2D eigenvalue weighted by atomic mass is 9.99. The molecule has 1 amide bonds. The molecule has 0 saturated carbocycles. The largest absolute Gasteiger partial charge is 0.454 e. The van der Waals surface area contributed by atoms with E-state index in [4.69, 9.17) is 14.2 Å². The van der Waals surface area contributed by atoms with Crippen LogP contribution in [0.15, 0.2) is 24.3 Å². The van der Waals surface area contributed by atoms with Gasteiger partial charge in [0.05, 0.1) is 25.4 Å². The summed E-state index contributed by atoms with van der Waals surface area (Å²) >= 11 is 0. The van der Waals surface area contributed by atoms with Crippen molar-refractivity contribution >= 4 is 11.9 Å². The summed E-state index contributed by atoms with van der Waals surface area (Å²) in [5.41, 5.74) is 0. The van der Waals surface area contributed by atoms with Crippen LogP contribution in [0.5, 0.6) is 0 Å². The Kier molecular flexibility index (Phi) is 39.0.